The average Bonchev–Trinajstić information content (AvgIpc) is 2.64. The largest absolute Gasteiger partial charge is 0.214 e. The third kappa shape index (κ3) is 1.53. The van der Waals surface area contributed by atoms with E-state index < -0.39 is 0 Å². The van der Waals surface area contributed by atoms with Gasteiger partial charge in [-0.05, 0) is 42.7 Å². The van der Waals surface area contributed by atoms with Gasteiger partial charge in [0.05, 0.1) is 11.0 Å². The van der Waals surface area contributed by atoms with Crippen molar-refractivity contribution in [2.24, 2.45) is 0 Å². The number of hydrogen-bond acceptors (Lipinski definition) is 0. The van der Waals surface area contributed by atoms with Gasteiger partial charge in [0, 0.05) is 23.9 Å². The number of pyridine rings is 1. The van der Waals surface area contributed by atoms with Crippen LogP contribution in [0.1, 0.15) is 37.8 Å². The Morgan fingerprint density at radius 2 is 1.64 bits per heavy atom. The maximum Gasteiger partial charge on any atom is 0.214 e. The maximum atomic E-state index is 2.64. The van der Waals surface area contributed by atoms with Crippen LogP contribution in [-0.2, 0) is 11.0 Å². The fourth-order valence-electron chi connectivity index (χ4n) is 5.48. The summed E-state index contributed by atoms with van der Waals surface area (Å²) in [5, 5.41) is 1.36. The molecule has 2 atom stereocenters. The molecule has 0 amide bonds. The van der Waals surface area contributed by atoms with Crippen LogP contribution in [-0.4, -0.2) is 0 Å². The van der Waals surface area contributed by atoms with E-state index in [9.17, 15) is 0 Å². The normalized spacial score (nSPS) is 25.9. The summed E-state index contributed by atoms with van der Waals surface area (Å²) < 4.78 is 2.64. The van der Waals surface area contributed by atoms with E-state index in [4.69, 9.17) is 0 Å². The molecular formula is C24H24N+. The van der Waals surface area contributed by atoms with Gasteiger partial charge in [-0.25, -0.2) is 0 Å². The summed E-state index contributed by atoms with van der Waals surface area (Å²) in [4.78, 5) is 0. The van der Waals surface area contributed by atoms with Gasteiger partial charge < -0.3 is 0 Å². The van der Waals surface area contributed by atoms with Crippen LogP contribution in [0.5, 0.6) is 0 Å². The molecule has 0 fully saturated rings. The molecule has 0 bridgehead atoms. The van der Waals surface area contributed by atoms with Gasteiger partial charge in [0.15, 0.2) is 5.54 Å². The lowest BCUT2D eigenvalue weighted by atomic mass is 9.52. The Morgan fingerprint density at radius 3 is 2.36 bits per heavy atom. The molecule has 0 saturated heterocycles. The third-order valence-electron chi connectivity index (χ3n) is 6.76. The molecule has 0 N–H and O–H groups in total. The van der Waals surface area contributed by atoms with Crippen LogP contribution >= 0.6 is 0 Å². The van der Waals surface area contributed by atoms with Crippen LogP contribution in [0.3, 0.4) is 0 Å². The molecule has 2 aliphatic rings. The van der Waals surface area contributed by atoms with Crippen molar-refractivity contribution in [1.82, 2.24) is 0 Å². The number of aryl methyl sites for hydroxylation is 1. The number of hydrogen-bond donors (Lipinski definition) is 0. The minimum absolute atomic E-state index is 0.0404. The highest BCUT2D eigenvalue weighted by Crippen LogP contribution is 2.57. The van der Waals surface area contributed by atoms with Crippen LogP contribution in [0.25, 0.3) is 22.2 Å². The lowest BCUT2D eigenvalue weighted by Gasteiger charge is -2.52. The molecule has 124 valence electrons. The Kier molecular flexibility index (Phi) is 2.87. The van der Waals surface area contributed by atoms with Crippen LogP contribution < -0.4 is 4.57 Å². The van der Waals surface area contributed by atoms with E-state index in [2.05, 4.69) is 92.1 Å². The van der Waals surface area contributed by atoms with Crippen molar-refractivity contribution < 1.29 is 4.57 Å². The second-order valence-corrected chi connectivity index (χ2v) is 7.55. The topological polar surface area (TPSA) is 3.88 Å². The Hall–Kier alpha value is -2.41. The molecule has 0 radical (unpaired) electrons. The zero-order valence-corrected chi connectivity index (χ0v) is 15.2. The smallest absolute Gasteiger partial charge is 0.181 e. The zero-order chi connectivity index (χ0) is 17.2. The van der Waals surface area contributed by atoms with Crippen molar-refractivity contribution >= 4 is 10.9 Å². The lowest BCUT2D eigenvalue weighted by molar-refractivity contribution is -0.736. The van der Waals surface area contributed by atoms with Gasteiger partial charge in [0.1, 0.15) is 0 Å². The molecular weight excluding hydrogens is 302 g/mol. The van der Waals surface area contributed by atoms with Crippen molar-refractivity contribution in [3.8, 4) is 11.3 Å². The van der Waals surface area contributed by atoms with E-state index in [1.54, 1.807) is 0 Å². The van der Waals surface area contributed by atoms with Crippen molar-refractivity contribution in [2.45, 2.75) is 44.6 Å². The number of allylic oxidation sites excluding steroid dienone is 2. The summed E-state index contributed by atoms with van der Waals surface area (Å²) >= 11 is 0. The quantitative estimate of drug-likeness (QED) is 0.436. The summed E-state index contributed by atoms with van der Waals surface area (Å²) in [6.07, 6.45) is 7.15. The van der Waals surface area contributed by atoms with Crippen molar-refractivity contribution in [2.75, 3.05) is 0 Å². The Balaban J connectivity index is 2.03. The fraction of sp³-hybridized carbons (Fsp3) is 0.292. The van der Waals surface area contributed by atoms with Gasteiger partial charge in [0.2, 0.25) is 11.2 Å². The lowest BCUT2D eigenvalue weighted by Crippen LogP contribution is -2.72. The van der Waals surface area contributed by atoms with Gasteiger partial charge >= 0.3 is 0 Å². The molecule has 1 aromatic heterocycles. The molecule has 5 rings (SSSR count). The molecule has 1 nitrogen and oxygen atoms in total. The SMILES string of the molecule is CCC12C=CC1(CC)[n+]1c(cc(C)c3ccccc31)-c1ccccc12. The second kappa shape index (κ2) is 4.82. The van der Waals surface area contributed by atoms with Gasteiger partial charge in [-0.15, -0.1) is 0 Å². The van der Waals surface area contributed by atoms with E-state index in [0.29, 0.717) is 0 Å². The van der Waals surface area contributed by atoms with Gasteiger partial charge in [-0.1, -0.05) is 50.3 Å². The fourth-order valence-corrected chi connectivity index (χ4v) is 5.48. The molecule has 1 heteroatoms. The summed E-state index contributed by atoms with van der Waals surface area (Å²) in [6, 6.07) is 20.3. The number of para-hydroxylation sites is 1. The van der Waals surface area contributed by atoms with E-state index in [1.165, 1.54) is 33.3 Å². The van der Waals surface area contributed by atoms with E-state index in [1.807, 2.05) is 0 Å². The van der Waals surface area contributed by atoms with E-state index in [0.717, 1.165) is 12.8 Å². The number of rotatable bonds is 2. The van der Waals surface area contributed by atoms with Crippen LogP contribution in [0.4, 0.5) is 0 Å². The van der Waals surface area contributed by atoms with Crippen LogP contribution in [0.15, 0.2) is 66.7 Å². The zero-order valence-electron chi connectivity index (χ0n) is 15.2. The van der Waals surface area contributed by atoms with Crippen molar-refractivity contribution in [3.63, 3.8) is 0 Å². The first kappa shape index (κ1) is 14.9. The number of nitrogens with zero attached hydrogens (tertiary/aromatic N) is 1. The van der Waals surface area contributed by atoms with Gasteiger partial charge in [0.25, 0.3) is 0 Å². The predicted octanol–water partition coefficient (Wildman–Crippen LogP) is 5.44. The van der Waals surface area contributed by atoms with Crippen LogP contribution in [0, 0.1) is 6.92 Å². The molecule has 0 spiro atoms. The predicted molar refractivity (Wildman–Crippen MR) is 104 cm³/mol. The third-order valence-corrected chi connectivity index (χ3v) is 6.76. The average molecular weight is 326 g/mol. The van der Waals surface area contributed by atoms with Crippen molar-refractivity contribution in [1.29, 1.82) is 0 Å². The first-order valence-corrected chi connectivity index (χ1v) is 9.43. The molecule has 1 aliphatic heterocycles. The van der Waals surface area contributed by atoms with Gasteiger partial charge in [-0.2, -0.15) is 4.57 Å². The first-order valence-electron chi connectivity index (χ1n) is 9.43. The standard InChI is InChI=1S/C24H24N/c1-4-23-14-15-24(23,5-2)25-21-13-9-7-10-18(21)17(3)16-22(25)19-11-6-8-12-20(19)23/h6-16H,4-5H2,1-3H3/q+1. The summed E-state index contributed by atoms with van der Waals surface area (Å²) in [7, 11) is 0. The molecule has 3 aromatic rings. The number of benzene rings is 2. The molecule has 1 aliphatic carbocycles. The van der Waals surface area contributed by atoms with Gasteiger partial charge in [-0.3, -0.25) is 0 Å². The highest BCUT2D eigenvalue weighted by Gasteiger charge is 2.64. The summed E-state index contributed by atoms with van der Waals surface area (Å²) in [5.74, 6) is 0. The summed E-state index contributed by atoms with van der Waals surface area (Å²) in [6.45, 7) is 6.92. The van der Waals surface area contributed by atoms with E-state index in [-0.39, 0.29) is 11.0 Å². The summed E-state index contributed by atoms with van der Waals surface area (Å²) in [5.41, 5.74) is 7.11. The Morgan fingerprint density at radius 1 is 0.880 bits per heavy atom. The molecule has 2 aromatic carbocycles. The first-order chi connectivity index (χ1) is 12.2. The number of aromatic nitrogens is 1. The monoisotopic (exact) mass is 326 g/mol. The van der Waals surface area contributed by atoms with Crippen LogP contribution in [0.2, 0.25) is 0 Å². The molecule has 2 heterocycles. The maximum absolute atomic E-state index is 2.64. The minimum Gasteiger partial charge on any atom is -0.181 e. The second-order valence-electron chi connectivity index (χ2n) is 7.55. The minimum atomic E-state index is 0.0404. The Bertz CT molecular complexity index is 1050. The number of fused-ring (bicyclic) bond motifs is 8. The molecule has 25 heavy (non-hydrogen) atoms. The highest BCUT2D eigenvalue weighted by atomic mass is 15.1. The van der Waals surface area contributed by atoms with Crippen molar-refractivity contribution in [3.05, 3.63) is 77.9 Å². The molecule has 0 saturated carbocycles. The Labute approximate surface area is 149 Å². The highest BCUT2D eigenvalue weighted by molar-refractivity contribution is 5.83. The van der Waals surface area contributed by atoms with E-state index >= 15 is 0 Å². The molecule has 2 unspecified atom stereocenters.